The Morgan fingerprint density at radius 1 is 1.10 bits per heavy atom. The first-order valence-electron chi connectivity index (χ1n) is 7.05. The third-order valence-electron chi connectivity index (χ3n) is 3.25. The van der Waals surface area contributed by atoms with Crippen LogP contribution in [-0.2, 0) is 6.54 Å². The Labute approximate surface area is 124 Å². The van der Waals surface area contributed by atoms with Crippen LogP contribution in [0.5, 0.6) is 0 Å². The summed E-state index contributed by atoms with van der Waals surface area (Å²) in [5.41, 5.74) is 2.94. The van der Waals surface area contributed by atoms with E-state index in [-0.39, 0.29) is 5.54 Å². The number of benzene rings is 1. The van der Waals surface area contributed by atoms with Crippen molar-refractivity contribution >= 4 is 11.0 Å². The summed E-state index contributed by atoms with van der Waals surface area (Å²) in [6.07, 6.45) is 5.44. The van der Waals surface area contributed by atoms with Crippen LogP contribution in [0.15, 0.2) is 47.3 Å². The molecule has 0 unspecified atom stereocenters. The van der Waals surface area contributed by atoms with Gasteiger partial charge >= 0.3 is 0 Å². The molecule has 0 radical (unpaired) electrons. The quantitative estimate of drug-likeness (QED) is 0.793. The van der Waals surface area contributed by atoms with E-state index in [0.29, 0.717) is 5.82 Å². The van der Waals surface area contributed by atoms with Crippen LogP contribution in [0.1, 0.15) is 26.3 Å². The maximum atomic E-state index is 5.53. The summed E-state index contributed by atoms with van der Waals surface area (Å²) in [5, 5.41) is 4.46. The number of aromatic nitrogens is 2. The van der Waals surface area contributed by atoms with Crippen molar-refractivity contribution in [3.63, 3.8) is 0 Å². The standard InChI is InChI=1S/C17H19N3O/c1-17(2,3)20-10-12-8-18-16(19-9-12)14-11-21-15-7-5-4-6-13(14)15/h4-9,11,20H,10H2,1-3H3. The van der Waals surface area contributed by atoms with E-state index < -0.39 is 0 Å². The molecule has 0 aliphatic heterocycles. The summed E-state index contributed by atoms with van der Waals surface area (Å²) in [6, 6.07) is 7.91. The molecule has 2 heterocycles. The highest BCUT2D eigenvalue weighted by Crippen LogP contribution is 2.27. The smallest absolute Gasteiger partial charge is 0.163 e. The molecule has 4 nitrogen and oxygen atoms in total. The molecular weight excluding hydrogens is 262 g/mol. The molecule has 0 spiro atoms. The van der Waals surface area contributed by atoms with Crippen LogP contribution in [-0.4, -0.2) is 15.5 Å². The number of nitrogens with zero attached hydrogens (tertiary/aromatic N) is 2. The lowest BCUT2D eigenvalue weighted by Crippen LogP contribution is -2.35. The maximum Gasteiger partial charge on any atom is 0.163 e. The average molecular weight is 281 g/mol. The lowest BCUT2D eigenvalue weighted by Gasteiger charge is -2.20. The van der Waals surface area contributed by atoms with Crippen LogP contribution < -0.4 is 5.32 Å². The fourth-order valence-electron chi connectivity index (χ4n) is 2.10. The molecule has 0 saturated heterocycles. The number of nitrogens with one attached hydrogen (secondary N) is 1. The first-order valence-corrected chi connectivity index (χ1v) is 7.05. The summed E-state index contributed by atoms with van der Waals surface area (Å²) < 4.78 is 5.53. The van der Waals surface area contributed by atoms with Gasteiger partial charge in [0.05, 0.1) is 5.56 Å². The van der Waals surface area contributed by atoms with Crippen LogP contribution in [0.25, 0.3) is 22.4 Å². The molecule has 0 bridgehead atoms. The van der Waals surface area contributed by atoms with Gasteiger partial charge in [-0.15, -0.1) is 0 Å². The third kappa shape index (κ3) is 3.11. The molecule has 0 aliphatic carbocycles. The van der Waals surface area contributed by atoms with E-state index in [9.17, 15) is 0 Å². The minimum atomic E-state index is 0.0828. The fourth-order valence-corrected chi connectivity index (χ4v) is 2.10. The SMILES string of the molecule is CC(C)(C)NCc1cnc(-c2coc3ccccc23)nc1. The van der Waals surface area contributed by atoms with Crippen LogP contribution in [0.4, 0.5) is 0 Å². The highest BCUT2D eigenvalue weighted by Gasteiger charge is 2.11. The van der Waals surface area contributed by atoms with Gasteiger partial charge in [0.25, 0.3) is 0 Å². The van der Waals surface area contributed by atoms with Gasteiger partial charge in [-0.25, -0.2) is 9.97 Å². The van der Waals surface area contributed by atoms with Crippen molar-refractivity contribution in [3.8, 4) is 11.4 Å². The number of hydrogen-bond acceptors (Lipinski definition) is 4. The Kier molecular flexibility index (Phi) is 3.47. The summed E-state index contributed by atoms with van der Waals surface area (Å²) in [7, 11) is 0. The van der Waals surface area contributed by atoms with Gasteiger partial charge in [0, 0.05) is 35.4 Å². The van der Waals surface area contributed by atoms with Crippen molar-refractivity contribution in [2.45, 2.75) is 32.9 Å². The lowest BCUT2D eigenvalue weighted by atomic mass is 10.1. The third-order valence-corrected chi connectivity index (χ3v) is 3.25. The van der Waals surface area contributed by atoms with Gasteiger partial charge in [-0.2, -0.15) is 0 Å². The van der Waals surface area contributed by atoms with Gasteiger partial charge in [-0.1, -0.05) is 18.2 Å². The zero-order chi connectivity index (χ0) is 14.9. The minimum Gasteiger partial charge on any atom is -0.464 e. The normalized spacial score (nSPS) is 12.0. The molecule has 0 atom stereocenters. The number of hydrogen-bond donors (Lipinski definition) is 1. The highest BCUT2D eigenvalue weighted by molar-refractivity contribution is 5.91. The molecule has 21 heavy (non-hydrogen) atoms. The van der Waals surface area contributed by atoms with E-state index in [1.807, 2.05) is 36.7 Å². The molecule has 1 aromatic carbocycles. The van der Waals surface area contributed by atoms with Gasteiger partial charge in [-0.05, 0) is 26.8 Å². The van der Waals surface area contributed by atoms with Gasteiger partial charge in [-0.3, -0.25) is 0 Å². The lowest BCUT2D eigenvalue weighted by molar-refractivity contribution is 0.423. The van der Waals surface area contributed by atoms with E-state index in [4.69, 9.17) is 4.42 Å². The Hall–Kier alpha value is -2.20. The molecule has 3 aromatic rings. The topological polar surface area (TPSA) is 51.0 Å². The van der Waals surface area contributed by atoms with E-state index in [1.54, 1.807) is 6.26 Å². The van der Waals surface area contributed by atoms with Crippen molar-refractivity contribution in [1.82, 2.24) is 15.3 Å². The minimum absolute atomic E-state index is 0.0828. The monoisotopic (exact) mass is 281 g/mol. The molecule has 108 valence electrons. The van der Waals surface area contributed by atoms with Crippen LogP contribution in [0.3, 0.4) is 0 Å². The van der Waals surface area contributed by atoms with Gasteiger partial charge < -0.3 is 9.73 Å². The molecule has 0 saturated carbocycles. The van der Waals surface area contributed by atoms with Crippen LogP contribution >= 0.6 is 0 Å². The van der Waals surface area contributed by atoms with E-state index in [1.165, 1.54) is 0 Å². The fraction of sp³-hybridized carbons (Fsp3) is 0.294. The Morgan fingerprint density at radius 2 is 1.81 bits per heavy atom. The molecule has 0 fully saturated rings. The Bertz CT molecular complexity index is 739. The molecule has 0 amide bonds. The number of para-hydroxylation sites is 1. The molecule has 4 heteroatoms. The van der Waals surface area contributed by atoms with Crippen LogP contribution in [0, 0.1) is 0 Å². The Balaban J connectivity index is 1.84. The van der Waals surface area contributed by atoms with Crippen molar-refractivity contribution in [2.75, 3.05) is 0 Å². The molecule has 1 N–H and O–H groups in total. The highest BCUT2D eigenvalue weighted by atomic mass is 16.3. The van der Waals surface area contributed by atoms with Crippen LogP contribution in [0.2, 0.25) is 0 Å². The van der Waals surface area contributed by atoms with Gasteiger partial charge in [0.1, 0.15) is 11.8 Å². The van der Waals surface area contributed by atoms with E-state index in [0.717, 1.165) is 28.6 Å². The first kappa shape index (κ1) is 13.8. The van der Waals surface area contributed by atoms with E-state index >= 15 is 0 Å². The van der Waals surface area contributed by atoms with Crippen molar-refractivity contribution in [2.24, 2.45) is 0 Å². The second-order valence-corrected chi connectivity index (χ2v) is 6.16. The molecule has 2 aromatic heterocycles. The zero-order valence-electron chi connectivity index (χ0n) is 12.6. The van der Waals surface area contributed by atoms with Gasteiger partial charge in [0.2, 0.25) is 0 Å². The number of furan rings is 1. The largest absolute Gasteiger partial charge is 0.464 e. The van der Waals surface area contributed by atoms with Crippen molar-refractivity contribution in [3.05, 3.63) is 48.5 Å². The number of fused-ring (bicyclic) bond motifs is 1. The summed E-state index contributed by atoms with van der Waals surface area (Å²) in [6.45, 7) is 7.18. The maximum absolute atomic E-state index is 5.53. The molecular formula is C17H19N3O. The first-order chi connectivity index (χ1) is 10.0. The van der Waals surface area contributed by atoms with Crippen molar-refractivity contribution in [1.29, 1.82) is 0 Å². The molecule has 0 aliphatic rings. The van der Waals surface area contributed by atoms with Crippen molar-refractivity contribution < 1.29 is 4.42 Å². The summed E-state index contributed by atoms with van der Waals surface area (Å²) in [5.74, 6) is 0.694. The predicted molar refractivity (Wildman–Crippen MR) is 83.8 cm³/mol. The van der Waals surface area contributed by atoms with Gasteiger partial charge in [0.15, 0.2) is 5.82 Å². The predicted octanol–water partition coefficient (Wildman–Crippen LogP) is 3.78. The zero-order valence-corrected chi connectivity index (χ0v) is 12.6. The second kappa shape index (κ2) is 5.30. The second-order valence-electron chi connectivity index (χ2n) is 6.16. The van der Waals surface area contributed by atoms with E-state index in [2.05, 4.69) is 36.1 Å². The molecule has 3 rings (SSSR count). The number of rotatable bonds is 3. The summed E-state index contributed by atoms with van der Waals surface area (Å²) >= 11 is 0. The summed E-state index contributed by atoms with van der Waals surface area (Å²) in [4.78, 5) is 8.92. The average Bonchev–Trinajstić information content (AvgIpc) is 2.89. The Morgan fingerprint density at radius 3 is 2.52 bits per heavy atom.